The molecule has 0 spiro atoms. The van der Waals surface area contributed by atoms with Crippen LogP contribution in [0.3, 0.4) is 0 Å². The quantitative estimate of drug-likeness (QED) is 0.721. The van der Waals surface area contributed by atoms with Gasteiger partial charge in [0.05, 0.1) is 6.07 Å². The Hall–Kier alpha value is -0.400. The molecule has 0 aromatic heterocycles. The zero-order valence-corrected chi connectivity index (χ0v) is 9.48. The molecule has 2 unspecified atom stereocenters. The number of nitrogens with zero attached hydrogens (tertiary/aromatic N) is 1. The van der Waals surface area contributed by atoms with E-state index in [-0.39, 0.29) is 11.5 Å². The van der Waals surface area contributed by atoms with Crippen LogP contribution in [-0.2, 0) is 10.8 Å². The number of nitrogens with two attached hydrogens (primary N) is 1. The molecule has 2 atom stereocenters. The Bertz CT molecular complexity index is 255. The molecular weight excluding hydrogens is 196 g/mol. The van der Waals surface area contributed by atoms with E-state index in [1.165, 1.54) is 0 Å². The van der Waals surface area contributed by atoms with Crippen molar-refractivity contribution in [3.63, 3.8) is 0 Å². The smallest absolute Gasteiger partial charge is 0.0627 e. The minimum absolute atomic E-state index is 0.0497. The van der Waals surface area contributed by atoms with Gasteiger partial charge in [0.2, 0.25) is 0 Å². The molecule has 1 rings (SSSR count). The number of hydrogen-bond donors (Lipinski definition) is 1. The van der Waals surface area contributed by atoms with Crippen molar-refractivity contribution in [1.29, 1.82) is 5.26 Å². The lowest BCUT2D eigenvalue weighted by molar-refractivity contribution is 0.583. The molecule has 1 aliphatic rings. The molecule has 0 radical (unpaired) electrons. The summed E-state index contributed by atoms with van der Waals surface area (Å²) in [4.78, 5) is 0. The van der Waals surface area contributed by atoms with Gasteiger partial charge in [-0.25, -0.2) is 0 Å². The number of hydrogen-bond acceptors (Lipinski definition) is 3. The van der Waals surface area contributed by atoms with Crippen LogP contribution in [0.2, 0.25) is 0 Å². The third-order valence-corrected chi connectivity index (χ3v) is 4.54. The monoisotopic (exact) mass is 214 g/mol. The van der Waals surface area contributed by atoms with Crippen LogP contribution in [0.25, 0.3) is 0 Å². The fourth-order valence-electron chi connectivity index (χ4n) is 1.47. The Balaban J connectivity index is 2.31. The van der Waals surface area contributed by atoms with Crippen molar-refractivity contribution in [2.45, 2.75) is 38.6 Å². The van der Waals surface area contributed by atoms with Crippen molar-refractivity contribution in [1.82, 2.24) is 0 Å². The summed E-state index contributed by atoms with van der Waals surface area (Å²) in [6.45, 7) is 2.00. The van der Waals surface area contributed by atoms with Crippen molar-refractivity contribution < 1.29 is 4.21 Å². The molecule has 0 heterocycles. The van der Waals surface area contributed by atoms with E-state index in [1.54, 1.807) is 0 Å². The fraction of sp³-hybridized carbons (Fsp3) is 0.900. The second kappa shape index (κ2) is 4.90. The molecule has 0 aromatic carbocycles. The summed E-state index contributed by atoms with van der Waals surface area (Å²) < 4.78 is 11.7. The summed E-state index contributed by atoms with van der Waals surface area (Å²) in [7, 11) is -0.835. The minimum atomic E-state index is -0.835. The van der Waals surface area contributed by atoms with Gasteiger partial charge in [-0.2, -0.15) is 5.26 Å². The van der Waals surface area contributed by atoms with Gasteiger partial charge in [-0.1, -0.05) is 6.92 Å². The third kappa shape index (κ3) is 3.39. The highest BCUT2D eigenvalue weighted by atomic mass is 32.2. The first-order chi connectivity index (χ1) is 6.62. The van der Waals surface area contributed by atoms with Gasteiger partial charge in [-0.3, -0.25) is 4.21 Å². The van der Waals surface area contributed by atoms with E-state index < -0.39 is 10.8 Å². The van der Waals surface area contributed by atoms with E-state index in [4.69, 9.17) is 11.0 Å². The maximum atomic E-state index is 11.7. The Labute approximate surface area is 88.1 Å². The lowest BCUT2D eigenvalue weighted by Gasteiger charge is -2.12. The van der Waals surface area contributed by atoms with E-state index in [9.17, 15) is 4.21 Å². The van der Waals surface area contributed by atoms with Crippen LogP contribution in [0.4, 0.5) is 0 Å². The summed E-state index contributed by atoms with van der Waals surface area (Å²) in [6, 6.07) is 2.23. The molecular formula is C10H18N2OS. The zero-order chi connectivity index (χ0) is 10.6. The summed E-state index contributed by atoms with van der Waals surface area (Å²) in [6.07, 6.45) is 3.55. The molecule has 0 amide bonds. The Morgan fingerprint density at radius 1 is 1.64 bits per heavy atom. The normalized spacial score (nSPS) is 22.4. The van der Waals surface area contributed by atoms with Crippen LogP contribution in [0.5, 0.6) is 0 Å². The van der Waals surface area contributed by atoms with E-state index in [0.717, 1.165) is 19.3 Å². The minimum Gasteiger partial charge on any atom is -0.327 e. The highest BCUT2D eigenvalue weighted by Gasteiger charge is 2.43. The van der Waals surface area contributed by atoms with E-state index in [1.807, 2.05) is 6.92 Å². The van der Waals surface area contributed by atoms with E-state index in [0.29, 0.717) is 17.9 Å². The fourth-order valence-corrected chi connectivity index (χ4v) is 3.38. The first-order valence-corrected chi connectivity index (χ1v) is 6.58. The van der Waals surface area contributed by atoms with Crippen LogP contribution in [0, 0.1) is 16.7 Å². The van der Waals surface area contributed by atoms with Crippen LogP contribution in [0.15, 0.2) is 0 Å². The van der Waals surface area contributed by atoms with Gasteiger partial charge in [0.15, 0.2) is 0 Å². The van der Waals surface area contributed by atoms with Crippen LogP contribution in [-0.4, -0.2) is 21.8 Å². The van der Waals surface area contributed by atoms with Gasteiger partial charge in [-0.05, 0) is 24.7 Å². The first kappa shape index (κ1) is 11.7. The van der Waals surface area contributed by atoms with Gasteiger partial charge in [0.25, 0.3) is 0 Å². The van der Waals surface area contributed by atoms with Crippen molar-refractivity contribution in [2.24, 2.45) is 11.1 Å². The predicted molar refractivity (Wildman–Crippen MR) is 58.0 cm³/mol. The largest absolute Gasteiger partial charge is 0.327 e. The molecule has 1 fully saturated rings. The van der Waals surface area contributed by atoms with Crippen LogP contribution in [0.1, 0.15) is 32.6 Å². The topological polar surface area (TPSA) is 66.9 Å². The first-order valence-electron chi connectivity index (χ1n) is 5.09. The molecule has 0 aromatic rings. The summed E-state index contributed by atoms with van der Waals surface area (Å²) in [5, 5.41) is 8.61. The number of nitriles is 1. The third-order valence-electron chi connectivity index (χ3n) is 2.80. The van der Waals surface area contributed by atoms with E-state index in [2.05, 4.69) is 6.07 Å². The lowest BCUT2D eigenvalue weighted by Crippen LogP contribution is -2.28. The highest BCUT2D eigenvalue weighted by molar-refractivity contribution is 7.85. The molecule has 4 heteroatoms. The zero-order valence-electron chi connectivity index (χ0n) is 8.66. The maximum Gasteiger partial charge on any atom is 0.0627 e. The summed E-state index contributed by atoms with van der Waals surface area (Å²) >= 11 is 0. The van der Waals surface area contributed by atoms with Gasteiger partial charge in [0, 0.05) is 34.8 Å². The molecule has 0 bridgehead atoms. The van der Waals surface area contributed by atoms with Crippen molar-refractivity contribution in [2.75, 3.05) is 11.5 Å². The van der Waals surface area contributed by atoms with E-state index >= 15 is 0 Å². The second-order valence-corrected chi connectivity index (χ2v) is 5.76. The maximum absolute atomic E-state index is 11.7. The molecule has 1 saturated carbocycles. The molecule has 80 valence electrons. The molecule has 0 aliphatic heterocycles. The van der Waals surface area contributed by atoms with Gasteiger partial charge < -0.3 is 5.73 Å². The molecule has 1 aliphatic carbocycles. The summed E-state index contributed by atoms with van der Waals surface area (Å²) in [5.74, 6) is 1.26. The molecule has 3 nitrogen and oxygen atoms in total. The van der Waals surface area contributed by atoms with Gasteiger partial charge in [-0.15, -0.1) is 0 Å². The average Bonchev–Trinajstić information content (AvgIpc) is 2.85. The van der Waals surface area contributed by atoms with Crippen LogP contribution >= 0.6 is 0 Å². The van der Waals surface area contributed by atoms with Crippen molar-refractivity contribution in [3.8, 4) is 6.07 Å². The Kier molecular flexibility index (Phi) is 4.09. The Morgan fingerprint density at radius 2 is 2.29 bits per heavy atom. The highest BCUT2D eigenvalue weighted by Crippen LogP contribution is 2.49. The Morgan fingerprint density at radius 3 is 2.71 bits per heavy atom. The molecule has 0 saturated heterocycles. The summed E-state index contributed by atoms with van der Waals surface area (Å²) in [5.41, 5.74) is 5.82. The predicted octanol–water partition coefficient (Wildman–Crippen LogP) is 1.17. The van der Waals surface area contributed by atoms with Crippen LogP contribution < -0.4 is 5.73 Å². The SMILES string of the molecule is CCC(N)CS(=O)CC1(CC#N)CC1. The van der Waals surface area contributed by atoms with Gasteiger partial charge in [0.1, 0.15) is 0 Å². The standard InChI is InChI=1S/C10H18N2OS/c1-2-9(12)7-14(13)8-10(3-4-10)5-6-11/h9H,2-5,7-8,12H2,1H3. The van der Waals surface area contributed by atoms with Gasteiger partial charge >= 0.3 is 0 Å². The lowest BCUT2D eigenvalue weighted by atomic mass is 10.1. The average molecular weight is 214 g/mol. The molecule has 2 N–H and O–H groups in total. The molecule has 14 heavy (non-hydrogen) atoms. The van der Waals surface area contributed by atoms with Crippen molar-refractivity contribution in [3.05, 3.63) is 0 Å². The second-order valence-electron chi connectivity index (χ2n) is 4.25. The van der Waals surface area contributed by atoms with Crippen molar-refractivity contribution >= 4 is 10.8 Å². The number of rotatable bonds is 6.